The number of ether oxygens (including phenoxy) is 1. The van der Waals surface area contributed by atoms with E-state index in [4.69, 9.17) is 4.74 Å². The van der Waals surface area contributed by atoms with E-state index < -0.39 is 5.82 Å². The van der Waals surface area contributed by atoms with Gasteiger partial charge in [0.15, 0.2) is 0 Å². The number of pyridine rings is 1. The number of rotatable bonds is 9. The van der Waals surface area contributed by atoms with Crippen LogP contribution in [0.4, 0.5) is 10.1 Å². The normalized spacial score (nSPS) is 16.9. The number of nitriles is 1. The monoisotopic (exact) mass is 566 g/mol. The molecule has 0 aliphatic heterocycles. The van der Waals surface area contributed by atoms with Crippen LogP contribution in [0.15, 0.2) is 79.0 Å². The molecule has 1 aliphatic rings. The Morgan fingerprint density at radius 1 is 1.12 bits per heavy atom. The summed E-state index contributed by atoms with van der Waals surface area (Å²) in [6.07, 6.45) is 9.28. The van der Waals surface area contributed by atoms with Gasteiger partial charge in [0.05, 0.1) is 34.1 Å². The number of aromatic nitrogens is 1. The minimum Gasteiger partial charge on any atom is -0.507 e. The standard InChI is InChI=1S/C33H31FN4O4/c1-42-24-12-10-23(11-13-24)36-17-3-8-31(40)37-27-14-9-21(19-22(27)20-35)33(41)29-16-15-28-25(5-4-18-38(28)29)32-26(34)6-2-7-30(32)39/h2-9,14-16,18-19,23-24,36,39H,10-13,17H2,1H3,(H,37,40)/b8-3+/t23-,24-. The van der Waals surface area contributed by atoms with Crippen molar-refractivity contribution in [1.29, 1.82) is 5.26 Å². The lowest BCUT2D eigenvalue weighted by atomic mass is 9.93. The van der Waals surface area contributed by atoms with Gasteiger partial charge in [-0.15, -0.1) is 0 Å². The maximum atomic E-state index is 14.6. The number of benzene rings is 2. The summed E-state index contributed by atoms with van der Waals surface area (Å²) in [5.74, 6) is -1.52. The van der Waals surface area contributed by atoms with Gasteiger partial charge in [-0.2, -0.15) is 5.26 Å². The predicted molar refractivity (Wildman–Crippen MR) is 158 cm³/mol. The Balaban J connectivity index is 1.28. The number of methoxy groups -OCH3 is 1. The van der Waals surface area contributed by atoms with Crippen molar-refractivity contribution in [3.05, 3.63) is 102 Å². The van der Waals surface area contributed by atoms with E-state index in [2.05, 4.69) is 16.7 Å². The van der Waals surface area contributed by atoms with E-state index in [1.807, 2.05) is 0 Å². The fraction of sp³-hybridized carbons (Fsp3) is 0.242. The van der Waals surface area contributed by atoms with Gasteiger partial charge in [-0.05, 0) is 74.2 Å². The number of nitrogens with zero attached hydrogens (tertiary/aromatic N) is 2. The first-order valence-electron chi connectivity index (χ1n) is 13.8. The lowest BCUT2D eigenvalue weighted by Gasteiger charge is -2.27. The van der Waals surface area contributed by atoms with E-state index in [1.165, 1.54) is 36.4 Å². The Bertz CT molecular complexity index is 1680. The topological polar surface area (TPSA) is 116 Å². The van der Waals surface area contributed by atoms with Gasteiger partial charge in [0.2, 0.25) is 11.7 Å². The number of phenolic OH excluding ortho intramolecular Hbond substituents is 1. The zero-order valence-electron chi connectivity index (χ0n) is 23.1. The fourth-order valence-corrected chi connectivity index (χ4v) is 5.43. The number of amides is 1. The van der Waals surface area contributed by atoms with E-state index in [0.717, 1.165) is 25.7 Å². The number of hydrogen-bond donors (Lipinski definition) is 3. The van der Waals surface area contributed by atoms with Crippen LogP contribution in [0.1, 0.15) is 47.3 Å². The largest absolute Gasteiger partial charge is 0.507 e. The number of carbonyl (C=O) groups excluding carboxylic acids is 2. The van der Waals surface area contributed by atoms with Crippen LogP contribution in [0.3, 0.4) is 0 Å². The predicted octanol–water partition coefficient (Wildman–Crippen LogP) is 5.60. The average Bonchev–Trinajstić information content (AvgIpc) is 3.44. The second kappa shape index (κ2) is 12.8. The van der Waals surface area contributed by atoms with E-state index >= 15 is 0 Å². The Morgan fingerprint density at radius 3 is 2.67 bits per heavy atom. The van der Waals surface area contributed by atoms with Crippen LogP contribution in [0.5, 0.6) is 5.75 Å². The summed E-state index contributed by atoms with van der Waals surface area (Å²) in [5.41, 5.74) is 2.02. The van der Waals surface area contributed by atoms with Crippen LogP contribution in [-0.2, 0) is 9.53 Å². The molecule has 0 spiro atoms. The number of halogens is 1. The van der Waals surface area contributed by atoms with Gasteiger partial charge in [-0.25, -0.2) is 4.39 Å². The summed E-state index contributed by atoms with van der Waals surface area (Å²) in [5, 5.41) is 26.2. The summed E-state index contributed by atoms with van der Waals surface area (Å²) in [6, 6.07) is 17.7. The molecule has 5 rings (SSSR count). The highest BCUT2D eigenvalue weighted by molar-refractivity contribution is 6.10. The van der Waals surface area contributed by atoms with Gasteiger partial charge >= 0.3 is 0 Å². The number of phenols is 1. The van der Waals surface area contributed by atoms with Crippen LogP contribution >= 0.6 is 0 Å². The maximum Gasteiger partial charge on any atom is 0.248 e. The average molecular weight is 567 g/mol. The van der Waals surface area contributed by atoms with Gasteiger partial charge in [-0.3, -0.25) is 9.59 Å². The molecule has 0 saturated heterocycles. The summed E-state index contributed by atoms with van der Waals surface area (Å²) < 4.78 is 21.6. The van der Waals surface area contributed by atoms with Crippen LogP contribution < -0.4 is 10.6 Å². The van der Waals surface area contributed by atoms with Crippen LogP contribution in [0.2, 0.25) is 0 Å². The van der Waals surface area contributed by atoms with Crippen molar-refractivity contribution in [3.8, 4) is 22.9 Å². The Hall–Kier alpha value is -4.78. The lowest BCUT2D eigenvalue weighted by Crippen LogP contribution is -2.35. The number of fused-ring (bicyclic) bond motifs is 1. The third-order valence-corrected chi connectivity index (χ3v) is 7.65. The molecule has 0 radical (unpaired) electrons. The van der Waals surface area contributed by atoms with Gasteiger partial charge in [0, 0.05) is 43.1 Å². The number of carbonyl (C=O) groups is 2. The highest BCUT2D eigenvalue weighted by atomic mass is 19.1. The Kier molecular flexibility index (Phi) is 8.77. The highest BCUT2D eigenvalue weighted by Crippen LogP contribution is 2.35. The molecule has 9 heteroatoms. The molecular weight excluding hydrogens is 535 g/mol. The van der Waals surface area contributed by atoms with Crippen molar-refractivity contribution >= 4 is 22.9 Å². The van der Waals surface area contributed by atoms with Crippen molar-refractivity contribution in [1.82, 2.24) is 9.72 Å². The smallest absolute Gasteiger partial charge is 0.248 e. The molecule has 0 unspecified atom stereocenters. The van der Waals surface area contributed by atoms with Crippen molar-refractivity contribution in [3.63, 3.8) is 0 Å². The Morgan fingerprint density at radius 2 is 1.93 bits per heavy atom. The summed E-state index contributed by atoms with van der Waals surface area (Å²) in [7, 11) is 1.74. The first-order chi connectivity index (χ1) is 20.4. The zero-order valence-corrected chi connectivity index (χ0v) is 23.1. The molecule has 1 saturated carbocycles. The highest BCUT2D eigenvalue weighted by Gasteiger charge is 2.21. The van der Waals surface area contributed by atoms with Gasteiger partial charge in [-0.1, -0.05) is 18.2 Å². The van der Waals surface area contributed by atoms with Crippen LogP contribution in [0.25, 0.3) is 16.6 Å². The van der Waals surface area contributed by atoms with E-state index in [-0.39, 0.29) is 34.1 Å². The quantitative estimate of drug-likeness (QED) is 0.180. The first-order valence-corrected chi connectivity index (χ1v) is 13.8. The molecule has 0 bridgehead atoms. The lowest BCUT2D eigenvalue weighted by molar-refractivity contribution is -0.111. The van der Waals surface area contributed by atoms with E-state index in [9.17, 15) is 24.3 Å². The van der Waals surface area contributed by atoms with Crippen molar-refractivity contribution in [2.24, 2.45) is 0 Å². The summed E-state index contributed by atoms with van der Waals surface area (Å²) in [6.45, 7) is 0.553. The Labute approximate surface area is 243 Å². The van der Waals surface area contributed by atoms with Crippen molar-refractivity contribution in [2.75, 3.05) is 19.0 Å². The third-order valence-electron chi connectivity index (χ3n) is 7.65. The number of aromatic hydroxyl groups is 1. The number of ketones is 1. The maximum absolute atomic E-state index is 14.6. The van der Waals surface area contributed by atoms with Crippen molar-refractivity contribution < 1.29 is 23.8 Å². The molecule has 1 fully saturated rings. The summed E-state index contributed by atoms with van der Waals surface area (Å²) in [4.78, 5) is 26.0. The molecule has 2 aromatic carbocycles. The second-order valence-corrected chi connectivity index (χ2v) is 10.2. The third kappa shape index (κ3) is 6.10. The van der Waals surface area contributed by atoms with Crippen LogP contribution in [-0.4, -0.2) is 47.0 Å². The molecule has 1 aliphatic carbocycles. The van der Waals surface area contributed by atoms with Gasteiger partial charge < -0.3 is 24.9 Å². The van der Waals surface area contributed by atoms with E-state index in [1.54, 1.807) is 54.1 Å². The fourth-order valence-electron chi connectivity index (χ4n) is 5.43. The minimum atomic E-state index is -0.579. The molecule has 42 heavy (non-hydrogen) atoms. The molecule has 2 aromatic heterocycles. The molecule has 8 nitrogen and oxygen atoms in total. The number of anilines is 1. The zero-order chi connectivity index (χ0) is 29.6. The SMILES string of the molecule is CO[C@H]1CC[C@H](NC/C=C/C(=O)Nc2ccc(C(=O)c3ccc4c(-c5c(O)cccc5F)cccn34)cc2C#N)CC1. The minimum absolute atomic E-state index is 0.0473. The second-order valence-electron chi connectivity index (χ2n) is 10.2. The van der Waals surface area contributed by atoms with Gasteiger partial charge in [0.25, 0.3) is 0 Å². The first kappa shape index (κ1) is 28.7. The number of hydrogen-bond acceptors (Lipinski definition) is 6. The molecule has 4 aromatic rings. The molecular formula is C33H31FN4O4. The molecule has 2 heterocycles. The molecule has 1 amide bonds. The molecule has 3 N–H and O–H groups in total. The molecule has 0 atom stereocenters. The number of nitrogens with one attached hydrogen (secondary N) is 2. The van der Waals surface area contributed by atoms with Crippen LogP contribution in [0, 0.1) is 17.1 Å². The molecule has 214 valence electrons. The summed E-state index contributed by atoms with van der Waals surface area (Å²) >= 11 is 0. The van der Waals surface area contributed by atoms with E-state index in [0.29, 0.717) is 41.2 Å². The van der Waals surface area contributed by atoms with Crippen molar-refractivity contribution in [2.45, 2.75) is 37.8 Å². The van der Waals surface area contributed by atoms with Gasteiger partial charge in [0.1, 0.15) is 17.6 Å².